The number of carbonyl (C=O) groups is 2. The van der Waals surface area contributed by atoms with Gasteiger partial charge in [0.1, 0.15) is 0 Å². The van der Waals surface area contributed by atoms with Gasteiger partial charge >= 0.3 is 0 Å². The van der Waals surface area contributed by atoms with Crippen LogP contribution in [0.5, 0.6) is 5.88 Å². The smallest absolute Gasteiger partial charge is 0.274 e. The molecule has 3 N–H and O–H groups in total. The van der Waals surface area contributed by atoms with E-state index in [9.17, 15) is 14.0 Å². The molecule has 2 saturated carbocycles. The minimum atomic E-state index is -0.528. The SMILES string of the molecule is COc1cc(-c2cc(C(=O)N3CC[C@H](C(=O)NC4C5CNCC54)CC34CC4)n[nH]2)c(F)cn1. The molecular formula is C23H27FN6O3. The van der Waals surface area contributed by atoms with Crippen LogP contribution >= 0.6 is 0 Å². The van der Waals surface area contributed by atoms with Crippen LogP contribution in [-0.2, 0) is 4.79 Å². The second kappa shape index (κ2) is 7.51. The van der Waals surface area contributed by atoms with Gasteiger partial charge in [0.15, 0.2) is 11.5 Å². The fraction of sp³-hybridized carbons (Fsp3) is 0.565. The quantitative estimate of drug-likeness (QED) is 0.629. The molecule has 10 heteroatoms. The minimum absolute atomic E-state index is 0.0565. The van der Waals surface area contributed by atoms with E-state index < -0.39 is 5.82 Å². The summed E-state index contributed by atoms with van der Waals surface area (Å²) in [5.41, 5.74) is 0.612. The first-order valence-electron chi connectivity index (χ1n) is 11.6. The van der Waals surface area contributed by atoms with Crippen LogP contribution in [0, 0.1) is 23.6 Å². The lowest BCUT2D eigenvalue weighted by molar-refractivity contribution is -0.127. The number of likely N-dealkylation sites (tertiary alicyclic amines) is 1. The van der Waals surface area contributed by atoms with E-state index in [1.54, 1.807) is 6.07 Å². The molecule has 9 nitrogen and oxygen atoms in total. The molecule has 2 aromatic heterocycles. The van der Waals surface area contributed by atoms with Crippen LogP contribution in [0.1, 0.15) is 36.2 Å². The highest BCUT2D eigenvalue weighted by Gasteiger charge is 2.57. The number of amides is 2. The molecule has 2 aliphatic carbocycles. The van der Waals surface area contributed by atoms with Crippen molar-refractivity contribution >= 4 is 11.8 Å². The normalized spacial score (nSPS) is 29.0. The number of H-pyrrole nitrogens is 1. The van der Waals surface area contributed by atoms with E-state index in [1.165, 1.54) is 13.2 Å². The summed E-state index contributed by atoms with van der Waals surface area (Å²) in [6.45, 7) is 2.51. The molecule has 2 aromatic rings. The predicted molar refractivity (Wildman–Crippen MR) is 116 cm³/mol. The van der Waals surface area contributed by atoms with Gasteiger partial charge in [0.2, 0.25) is 11.8 Å². The molecule has 2 unspecified atom stereocenters. The van der Waals surface area contributed by atoms with E-state index in [0.717, 1.165) is 32.1 Å². The summed E-state index contributed by atoms with van der Waals surface area (Å²) in [6.07, 6.45) is 4.21. The van der Waals surface area contributed by atoms with Crippen LogP contribution in [0.3, 0.4) is 0 Å². The van der Waals surface area contributed by atoms with Gasteiger partial charge in [0, 0.05) is 48.8 Å². The zero-order valence-corrected chi connectivity index (χ0v) is 18.4. The summed E-state index contributed by atoms with van der Waals surface area (Å²) in [5.74, 6) is 0.819. The standard InChI is InChI=1S/C23H27FN6O3/c1-33-19-6-13(16(24)11-26-19)17-7-18(29-28-17)22(32)30-5-2-12(8-23(30)3-4-23)21(31)27-20-14-9-25-10-15(14)20/h6-7,11-12,14-15,20,25H,2-5,8-10H2,1H3,(H,27,31)(H,28,29)/t12-,14?,15?,20?/m0/s1. The Morgan fingerprint density at radius 1 is 1.27 bits per heavy atom. The van der Waals surface area contributed by atoms with Crippen molar-refractivity contribution in [3.8, 4) is 17.1 Å². The van der Waals surface area contributed by atoms with E-state index in [2.05, 4.69) is 25.8 Å². The summed E-state index contributed by atoms with van der Waals surface area (Å²) in [7, 11) is 1.46. The molecule has 0 radical (unpaired) electrons. The first kappa shape index (κ1) is 20.6. The van der Waals surface area contributed by atoms with Crippen molar-refractivity contribution in [2.24, 2.45) is 17.8 Å². The fourth-order valence-corrected chi connectivity index (χ4v) is 5.71. The minimum Gasteiger partial charge on any atom is -0.481 e. The van der Waals surface area contributed by atoms with Crippen LogP contribution in [-0.4, -0.2) is 70.2 Å². The van der Waals surface area contributed by atoms with Crippen molar-refractivity contribution < 1.29 is 18.7 Å². The van der Waals surface area contributed by atoms with Gasteiger partial charge < -0.3 is 20.3 Å². The highest BCUT2D eigenvalue weighted by molar-refractivity contribution is 5.94. The summed E-state index contributed by atoms with van der Waals surface area (Å²) in [4.78, 5) is 31.9. The summed E-state index contributed by atoms with van der Waals surface area (Å²) in [5, 5.41) is 13.5. The molecule has 3 atom stereocenters. The zero-order chi connectivity index (χ0) is 22.7. The molecule has 174 valence electrons. The number of pyridine rings is 1. The number of hydrogen-bond acceptors (Lipinski definition) is 6. The topological polar surface area (TPSA) is 112 Å². The van der Waals surface area contributed by atoms with Crippen LogP contribution in [0.2, 0.25) is 0 Å². The third-order valence-corrected chi connectivity index (χ3v) is 7.87. The molecule has 0 bridgehead atoms. The summed E-state index contributed by atoms with van der Waals surface area (Å²) >= 11 is 0. The number of carbonyl (C=O) groups excluding carboxylic acids is 2. The third-order valence-electron chi connectivity index (χ3n) is 7.87. The van der Waals surface area contributed by atoms with Gasteiger partial charge in [-0.1, -0.05) is 0 Å². The Balaban J connectivity index is 1.14. The predicted octanol–water partition coefficient (Wildman–Crippen LogP) is 1.34. The lowest BCUT2D eigenvalue weighted by Crippen LogP contribution is -2.51. The number of nitrogens with zero attached hydrogens (tertiary/aromatic N) is 3. The van der Waals surface area contributed by atoms with Crippen LogP contribution in [0.4, 0.5) is 4.39 Å². The molecule has 4 aliphatic rings. The van der Waals surface area contributed by atoms with Gasteiger partial charge in [-0.15, -0.1) is 0 Å². The van der Waals surface area contributed by atoms with Crippen molar-refractivity contribution in [1.82, 2.24) is 30.7 Å². The highest BCUT2D eigenvalue weighted by Crippen LogP contribution is 2.51. The van der Waals surface area contributed by atoms with E-state index in [0.29, 0.717) is 43.0 Å². The number of aromatic nitrogens is 3. The maximum Gasteiger partial charge on any atom is 0.274 e. The van der Waals surface area contributed by atoms with Gasteiger partial charge in [-0.2, -0.15) is 5.10 Å². The maximum atomic E-state index is 14.3. The average Bonchev–Trinajstić information content (AvgIpc) is 3.53. The Morgan fingerprint density at radius 2 is 2.06 bits per heavy atom. The fourth-order valence-electron chi connectivity index (χ4n) is 5.71. The van der Waals surface area contributed by atoms with E-state index in [1.807, 2.05) is 4.90 Å². The third kappa shape index (κ3) is 3.47. The monoisotopic (exact) mass is 454 g/mol. The summed E-state index contributed by atoms with van der Waals surface area (Å²) in [6, 6.07) is 3.35. The average molecular weight is 455 g/mol. The Morgan fingerprint density at radius 3 is 2.79 bits per heavy atom. The molecule has 4 heterocycles. The largest absolute Gasteiger partial charge is 0.481 e. The first-order valence-corrected chi connectivity index (χ1v) is 11.6. The van der Waals surface area contributed by atoms with Crippen LogP contribution in [0.15, 0.2) is 18.3 Å². The number of methoxy groups -OCH3 is 1. The van der Waals surface area contributed by atoms with Crippen LogP contribution < -0.4 is 15.4 Å². The molecule has 6 rings (SSSR count). The van der Waals surface area contributed by atoms with Crippen molar-refractivity contribution in [3.05, 3.63) is 29.8 Å². The van der Waals surface area contributed by atoms with E-state index in [-0.39, 0.29) is 40.4 Å². The number of piperidine rings is 2. The van der Waals surface area contributed by atoms with Crippen LogP contribution in [0.25, 0.3) is 11.3 Å². The number of fused-ring (bicyclic) bond motifs is 1. The number of halogens is 1. The Bertz CT molecular complexity index is 1110. The number of rotatable bonds is 5. The molecule has 4 fully saturated rings. The van der Waals surface area contributed by atoms with E-state index in [4.69, 9.17) is 4.74 Å². The molecule has 2 aliphatic heterocycles. The van der Waals surface area contributed by atoms with Gasteiger partial charge in [-0.3, -0.25) is 14.7 Å². The second-order valence-corrected chi connectivity index (χ2v) is 9.76. The zero-order valence-electron chi connectivity index (χ0n) is 18.4. The van der Waals surface area contributed by atoms with E-state index >= 15 is 0 Å². The molecule has 2 saturated heterocycles. The van der Waals surface area contributed by atoms with Gasteiger partial charge in [-0.05, 0) is 43.6 Å². The van der Waals surface area contributed by atoms with Crippen molar-refractivity contribution in [3.63, 3.8) is 0 Å². The van der Waals surface area contributed by atoms with Crippen molar-refractivity contribution in [2.45, 2.75) is 37.3 Å². The molecule has 0 aromatic carbocycles. The lowest BCUT2D eigenvalue weighted by Gasteiger charge is -2.39. The van der Waals surface area contributed by atoms with Gasteiger partial charge in [0.25, 0.3) is 5.91 Å². The Hall–Kier alpha value is -3.01. The summed E-state index contributed by atoms with van der Waals surface area (Å²) < 4.78 is 19.3. The second-order valence-electron chi connectivity index (χ2n) is 9.76. The number of ether oxygens (including phenoxy) is 1. The van der Waals surface area contributed by atoms with Gasteiger partial charge in [-0.25, -0.2) is 9.37 Å². The first-order chi connectivity index (χ1) is 16.0. The molecule has 33 heavy (non-hydrogen) atoms. The number of hydrogen-bond donors (Lipinski definition) is 3. The maximum absolute atomic E-state index is 14.3. The lowest BCUT2D eigenvalue weighted by atomic mass is 9.88. The molecule has 2 amide bonds. The molecular weight excluding hydrogens is 427 g/mol. The van der Waals surface area contributed by atoms with Crippen molar-refractivity contribution in [1.29, 1.82) is 0 Å². The highest BCUT2D eigenvalue weighted by atomic mass is 19.1. The van der Waals surface area contributed by atoms with Gasteiger partial charge in [0.05, 0.1) is 19.0 Å². The Kier molecular flexibility index (Phi) is 4.69. The van der Waals surface area contributed by atoms with Crippen molar-refractivity contribution in [2.75, 3.05) is 26.7 Å². The number of nitrogens with one attached hydrogen (secondary N) is 3. The molecule has 1 spiro atoms. The number of aromatic amines is 1. The Labute approximate surface area is 190 Å².